The van der Waals surface area contributed by atoms with E-state index in [1.54, 1.807) is 7.11 Å². The van der Waals surface area contributed by atoms with Gasteiger partial charge in [0.2, 0.25) is 0 Å². The van der Waals surface area contributed by atoms with Gasteiger partial charge in [-0.25, -0.2) is 0 Å². The fourth-order valence-corrected chi connectivity index (χ4v) is 0.702. The van der Waals surface area contributed by atoms with Crippen LogP contribution in [0.25, 0.3) is 0 Å². The maximum Gasteiger partial charge on any atom is 0.322 e. The van der Waals surface area contributed by atoms with Crippen molar-refractivity contribution in [3.63, 3.8) is 0 Å². The van der Waals surface area contributed by atoms with Gasteiger partial charge in [0, 0.05) is 13.7 Å². The van der Waals surface area contributed by atoms with E-state index in [0.29, 0.717) is 13.0 Å². The van der Waals surface area contributed by atoms with Gasteiger partial charge in [0.25, 0.3) is 0 Å². The molecule has 14 heavy (non-hydrogen) atoms. The Hall–Kier alpha value is -0.650. The minimum absolute atomic E-state index is 0.0368. The molecule has 0 spiro atoms. The van der Waals surface area contributed by atoms with Gasteiger partial charge in [0.15, 0.2) is 0 Å². The molecule has 0 aliphatic rings. The van der Waals surface area contributed by atoms with Gasteiger partial charge in [-0.05, 0) is 20.3 Å². The van der Waals surface area contributed by atoms with Crippen molar-refractivity contribution in [1.82, 2.24) is 0 Å². The predicted octanol–water partition coefficient (Wildman–Crippen LogP) is 0.230. The number of hydrogen-bond donors (Lipinski definition) is 2. The second-order valence-electron chi connectivity index (χ2n) is 3.73. The lowest BCUT2D eigenvalue weighted by Gasteiger charge is -2.22. The topological polar surface area (TPSA) is 81.8 Å². The summed E-state index contributed by atoms with van der Waals surface area (Å²) in [6.45, 7) is 4.36. The maximum atomic E-state index is 10.3. The maximum absolute atomic E-state index is 10.3. The van der Waals surface area contributed by atoms with Gasteiger partial charge in [-0.15, -0.1) is 0 Å². The van der Waals surface area contributed by atoms with Crippen molar-refractivity contribution in [3.8, 4) is 0 Å². The summed E-state index contributed by atoms with van der Waals surface area (Å²) in [6, 6.07) is -0.944. The molecule has 84 valence electrons. The monoisotopic (exact) mass is 205 g/mol. The molecule has 0 heterocycles. The van der Waals surface area contributed by atoms with Crippen LogP contribution in [0.2, 0.25) is 0 Å². The smallest absolute Gasteiger partial charge is 0.322 e. The van der Waals surface area contributed by atoms with Gasteiger partial charge >= 0.3 is 5.97 Å². The van der Waals surface area contributed by atoms with E-state index in [-0.39, 0.29) is 12.2 Å². The van der Waals surface area contributed by atoms with Crippen molar-refractivity contribution < 1.29 is 19.4 Å². The Morgan fingerprint density at radius 3 is 2.57 bits per heavy atom. The van der Waals surface area contributed by atoms with Crippen molar-refractivity contribution in [2.45, 2.75) is 31.9 Å². The molecule has 0 aliphatic carbocycles. The standard InChI is InChI=1S/C9H19NO4/c1-9(2,13-3)4-5-14-6-7(10)8(11)12/h7H,4-6,10H2,1-3H3,(H,11,12). The Morgan fingerprint density at radius 2 is 2.14 bits per heavy atom. The molecule has 0 fully saturated rings. The van der Waals surface area contributed by atoms with Crippen LogP contribution < -0.4 is 5.73 Å². The zero-order valence-corrected chi connectivity index (χ0v) is 8.95. The number of ether oxygens (including phenoxy) is 2. The molecule has 0 saturated carbocycles. The molecule has 0 amide bonds. The minimum Gasteiger partial charge on any atom is -0.480 e. The highest BCUT2D eigenvalue weighted by Crippen LogP contribution is 2.12. The third-order valence-electron chi connectivity index (χ3n) is 2.02. The summed E-state index contributed by atoms with van der Waals surface area (Å²) >= 11 is 0. The molecular formula is C9H19NO4. The first-order chi connectivity index (χ1) is 6.39. The van der Waals surface area contributed by atoms with Crippen LogP contribution in [0.1, 0.15) is 20.3 Å². The second kappa shape index (κ2) is 5.95. The number of nitrogens with two attached hydrogens (primary N) is 1. The number of methoxy groups -OCH3 is 1. The Bertz CT molecular complexity index is 182. The zero-order chi connectivity index (χ0) is 11.2. The average molecular weight is 205 g/mol. The van der Waals surface area contributed by atoms with Gasteiger partial charge in [-0.2, -0.15) is 0 Å². The number of aliphatic carboxylic acids is 1. The summed E-state index contributed by atoms with van der Waals surface area (Å²) in [5, 5.41) is 8.46. The van der Waals surface area contributed by atoms with Crippen LogP contribution in [0.15, 0.2) is 0 Å². The van der Waals surface area contributed by atoms with Crippen LogP contribution in [-0.4, -0.2) is 43.0 Å². The van der Waals surface area contributed by atoms with Gasteiger partial charge in [0.1, 0.15) is 6.04 Å². The van der Waals surface area contributed by atoms with Crippen LogP contribution in [0.3, 0.4) is 0 Å². The molecular weight excluding hydrogens is 186 g/mol. The van der Waals surface area contributed by atoms with E-state index < -0.39 is 12.0 Å². The third-order valence-corrected chi connectivity index (χ3v) is 2.02. The SMILES string of the molecule is COC(C)(C)CCOCC(N)C(=O)O. The summed E-state index contributed by atoms with van der Waals surface area (Å²) in [7, 11) is 1.63. The summed E-state index contributed by atoms with van der Waals surface area (Å²) in [5.74, 6) is -1.05. The van der Waals surface area contributed by atoms with E-state index in [0.717, 1.165) is 0 Å². The normalized spacial score (nSPS) is 14.0. The first kappa shape index (κ1) is 13.4. The number of hydrogen-bond acceptors (Lipinski definition) is 4. The van der Waals surface area contributed by atoms with Crippen molar-refractivity contribution in [3.05, 3.63) is 0 Å². The zero-order valence-electron chi connectivity index (χ0n) is 8.95. The quantitative estimate of drug-likeness (QED) is 0.581. The second-order valence-corrected chi connectivity index (χ2v) is 3.73. The first-order valence-corrected chi connectivity index (χ1v) is 4.50. The predicted molar refractivity (Wildman–Crippen MR) is 52.1 cm³/mol. The van der Waals surface area contributed by atoms with Gasteiger partial charge in [0.05, 0.1) is 12.2 Å². The molecule has 3 N–H and O–H groups in total. The van der Waals surface area contributed by atoms with E-state index in [9.17, 15) is 4.79 Å². The molecule has 0 aromatic heterocycles. The van der Waals surface area contributed by atoms with E-state index >= 15 is 0 Å². The highest BCUT2D eigenvalue weighted by atomic mass is 16.5. The molecule has 0 aromatic rings. The molecule has 5 heteroatoms. The van der Waals surface area contributed by atoms with Gasteiger partial charge in [-0.1, -0.05) is 0 Å². The number of carbonyl (C=O) groups is 1. The van der Waals surface area contributed by atoms with Crippen molar-refractivity contribution in [1.29, 1.82) is 0 Å². The number of rotatable bonds is 7. The molecule has 0 saturated heterocycles. The van der Waals surface area contributed by atoms with Crippen molar-refractivity contribution in [2.24, 2.45) is 5.73 Å². The van der Waals surface area contributed by atoms with Crippen LogP contribution >= 0.6 is 0 Å². The summed E-state index contributed by atoms with van der Waals surface area (Å²) in [6.07, 6.45) is 0.704. The molecule has 0 aliphatic heterocycles. The number of carboxylic acid groups (broad SMARTS) is 1. The van der Waals surface area contributed by atoms with Crippen LogP contribution in [-0.2, 0) is 14.3 Å². The summed E-state index contributed by atoms with van der Waals surface area (Å²) < 4.78 is 10.3. The van der Waals surface area contributed by atoms with Crippen LogP contribution in [0, 0.1) is 0 Å². The number of carboxylic acids is 1. The summed E-state index contributed by atoms with van der Waals surface area (Å²) in [5.41, 5.74) is 5.00. The Labute approximate surface area is 84.2 Å². The summed E-state index contributed by atoms with van der Waals surface area (Å²) in [4.78, 5) is 10.3. The minimum atomic E-state index is -1.05. The molecule has 5 nitrogen and oxygen atoms in total. The highest BCUT2D eigenvalue weighted by molar-refractivity contribution is 5.73. The van der Waals surface area contributed by atoms with Crippen molar-refractivity contribution in [2.75, 3.05) is 20.3 Å². The Kier molecular flexibility index (Phi) is 5.68. The van der Waals surface area contributed by atoms with E-state index in [1.165, 1.54) is 0 Å². The lowest BCUT2D eigenvalue weighted by Crippen LogP contribution is -2.35. The largest absolute Gasteiger partial charge is 0.480 e. The van der Waals surface area contributed by atoms with Crippen LogP contribution in [0.5, 0.6) is 0 Å². The van der Waals surface area contributed by atoms with Gasteiger partial charge < -0.3 is 20.3 Å². The lowest BCUT2D eigenvalue weighted by atomic mass is 10.1. The molecule has 0 radical (unpaired) electrons. The van der Waals surface area contributed by atoms with E-state index in [2.05, 4.69) is 0 Å². The fraction of sp³-hybridized carbons (Fsp3) is 0.889. The molecule has 0 bridgehead atoms. The third kappa shape index (κ3) is 5.90. The Balaban J connectivity index is 3.52. The molecule has 0 rings (SSSR count). The first-order valence-electron chi connectivity index (χ1n) is 4.50. The molecule has 1 atom stereocenters. The van der Waals surface area contributed by atoms with E-state index in [1.807, 2.05) is 13.8 Å². The van der Waals surface area contributed by atoms with Gasteiger partial charge in [-0.3, -0.25) is 4.79 Å². The van der Waals surface area contributed by atoms with Crippen LogP contribution in [0.4, 0.5) is 0 Å². The van der Waals surface area contributed by atoms with Crippen molar-refractivity contribution >= 4 is 5.97 Å². The fourth-order valence-electron chi connectivity index (χ4n) is 0.702. The molecule has 0 aromatic carbocycles. The average Bonchev–Trinajstić information content (AvgIpc) is 2.12. The Morgan fingerprint density at radius 1 is 1.57 bits per heavy atom. The molecule has 1 unspecified atom stereocenters. The highest BCUT2D eigenvalue weighted by Gasteiger charge is 2.16. The van der Waals surface area contributed by atoms with E-state index in [4.69, 9.17) is 20.3 Å². The lowest BCUT2D eigenvalue weighted by molar-refractivity contribution is -0.140.